The molecule has 3 N–H and O–H groups in total. The first-order valence-corrected chi connectivity index (χ1v) is 9.77. The number of halogens is 1. The zero-order chi connectivity index (χ0) is 20.2. The van der Waals surface area contributed by atoms with Crippen LogP contribution in [0.2, 0.25) is 5.28 Å². The zero-order valence-corrected chi connectivity index (χ0v) is 17.5. The molecule has 0 fully saturated rings. The van der Waals surface area contributed by atoms with E-state index >= 15 is 0 Å². The van der Waals surface area contributed by atoms with Gasteiger partial charge in [-0.25, -0.2) is 4.98 Å². The lowest BCUT2D eigenvalue weighted by Gasteiger charge is -2.26. The molecule has 152 valence electrons. The Morgan fingerprint density at radius 3 is 2.67 bits per heavy atom. The van der Waals surface area contributed by atoms with E-state index < -0.39 is 12.3 Å². The number of hydrogen-bond donors (Lipinski definition) is 3. The van der Waals surface area contributed by atoms with Crippen LogP contribution in [-0.4, -0.2) is 49.2 Å². The minimum Gasteiger partial charge on any atom is -0.387 e. The van der Waals surface area contributed by atoms with Gasteiger partial charge < -0.3 is 19.5 Å². The van der Waals surface area contributed by atoms with Crippen LogP contribution in [0.1, 0.15) is 59.3 Å². The minimum absolute atomic E-state index is 0.0658. The highest BCUT2D eigenvalue weighted by molar-refractivity contribution is 6.28. The number of hydrogen-bond acceptors (Lipinski definition) is 6. The number of aliphatic hydroxyl groups is 2. The van der Waals surface area contributed by atoms with Crippen molar-refractivity contribution in [3.63, 3.8) is 0 Å². The van der Waals surface area contributed by atoms with Gasteiger partial charge in [0.2, 0.25) is 5.28 Å². The Hall–Kier alpha value is -1.25. The summed E-state index contributed by atoms with van der Waals surface area (Å²) in [5.41, 5.74) is 1.20. The monoisotopic (exact) mass is 398 g/mol. The van der Waals surface area contributed by atoms with Crippen LogP contribution in [0.5, 0.6) is 0 Å². The number of nitrogens with zero attached hydrogens (tertiary/aromatic N) is 3. The lowest BCUT2D eigenvalue weighted by molar-refractivity contribution is -0.0711. The molecule has 0 saturated heterocycles. The van der Waals surface area contributed by atoms with Crippen molar-refractivity contribution in [2.45, 2.75) is 78.0 Å². The van der Waals surface area contributed by atoms with E-state index in [4.69, 9.17) is 16.3 Å². The highest BCUT2D eigenvalue weighted by Crippen LogP contribution is 2.25. The zero-order valence-electron chi connectivity index (χ0n) is 16.7. The Morgan fingerprint density at radius 1 is 1.33 bits per heavy atom. The highest BCUT2D eigenvalue weighted by atomic mass is 35.5. The van der Waals surface area contributed by atoms with E-state index in [9.17, 15) is 10.2 Å². The molecule has 2 heterocycles. The summed E-state index contributed by atoms with van der Waals surface area (Å²) in [6.07, 6.45) is 1.40. The average Bonchev–Trinajstić information content (AvgIpc) is 2.90. The molecule has 3 atom stereocenters. The molecule has 0 aliphatic carbocycles. The smallest absolute Gasteiger partial charge is 0.224 e. The first-order chi connectivity index (χ1) is 12.6. The van der Waals surface area contributed by atoms with Gasteiger partial charge in [0, 0.05) is 36.8 Å². The van der Waals surface area contributed by atoms with E-state index in [-0.39, 0.29) is 17.0 Å². The van der Waals surface area contributed by atoms with Crippen LogP contribution in [0.15, 0.2) is 12.3 Å². The Labute approximate surface area is 165 Å². The van der Waals surface area contributed by atoms with Crippen LogP contribution in [0, 0.1) is 0 Å². The van der Waals surface area contributed by atoms with Crippen LogP contribution >= 0.6 is 11.6 Å². The summed E-state index contributed by atoms with van der Waals surface area (Å²) in [6, 6.07) is 1.88. The molecule has 8 heteroatoms. The van der Waals surface area contributed by atoms with Crippen molar-refractivity contribution in [2.24, 2.45) is 0 Å². The maximum Gasteiger partial charge on any atom is 0.224 e. The molecule has 7 nitrogen and oxygen atoms in total. The third-order valence-electron chi connectivity index (χ3n) is 4.19. The van der Waals surface area contributed by atoms with Crippen molar-refractivity contribution in [1.29, 1.82) is 0 Å². The second-order valence-corrected chi connectivity index (χ2v) is 8.15. The van der Waals surface area contributed by atoms with E-state index in [0.717, 1.165) is 11.1 Å². The Kier molecular flexibility index (Phi) is 7.59. The summed E-state index contributed by atoms with van der Waals surface area (Å²) in [5, 5.41) is 24.7. The third-order valence-corrected chi connectivity index (χ3v) is 4.37. The van der Waals surface area contributed by atoms with Crippen LogP contribution in [-0.2, 0) is 11.3 Å². The van der Waals surface area contributed by atoms with E-state index in [0.29, 0.717) is 31.6 Å². The maximum atomic E-state index is 10.3. The predicted octanol–water partition coefficient (Wildman–Crippen LogP) is 3.03. The van der Waals surface area contributed by atoms with Gasteiger partial charge in [-0.1, -0.05) is 6.92 Å². The van der Waals surface area contributed by atoms with E-state index in [1.54, 1.807) is 6.20 Å². The van der Waals surface area contributed by atoms with Crippen LogP contribution in [0.4, 0.5) is 0 Å². The minimum atomic E-state index is -0.679. The average molecular weight is 399 g/mol. The summed E-state index contributed by atoms with van der Waals surface area (Å²) in [5.74, 6) is 0. The van der Waals surface area contributed by atoms with Crippen molar-refractivity contribution >= 4 is 22.6 Å². The van der Waals surface area contributed by atoms with Crippen LogP contribution in [0.3, 0.4) is 0 Å². The largest absolute Gasteiger partial charge is 0.387 e. The van der Waals surface area contributed by atoms with Gasteiger partial charge in [-0.05, 0) is 51.8 Å². The van der Waals surface area contributed by atoms with Crippen molar-refractivity contribution in [2.75, 3.05) is 6.54 Å². The fraction of sp³-hybridized carbons (Fsp3) is 0.684. The van der Waals surface area contributed by atoms with E-state index in [2.05, 4.69) is 15.3 Å². The van der Waals surface area contributed by atoms with E-state index in [1.165, 1.54) is 0 Å². The SMILES string of the molecule is CCC(O)c1cc2cnc(Cl)nc2n1CCNC(O)CC(C)OC(C)(C)C. The number of ether oxygens (including phenoxy) is 1. The fourth-order valence-corrected chi connectivity index (χ4v) is 3.28. The summed E-state index contributed by atoms with van der Waals surface area (Å²) in [7, 11) is 0. The molecule has 0 aromatic carbocycles. The van der Waals surface area contributed by atoms with Crippen molar-refractivity contribution in [1.82, 2.24) is 19.9 Å². The Morgan fingerprint density at radius 2 is 2.04 bits per heavy atom. The van der Waals surface area contributed by atoms with Gasteiger partial charge in [0.1, 0.15) is 11.9 Å². The van der Waals surface area contributed by atoms with Crippen LogP contribution in [0.25, 0.3) is 11.0 Å². The number of fused-ring (bicyclic) bond motifs is 1. The molecule has 0 saturated carbocycles. The first kappa shape index (κ1) is 22.0. The highest BCUT2D eigenvalue weighted by Gasteiger charge is 2.19. The first-order valence-electron chi connectivity index (χ1n) is 9.39. The molecule has 2 rings (SSSR count). The summed E-state index contributed by atoms with van der Waals surface area (Å²) >= 11 is 5.94. The molecule has 0 spiro atoms. The third kappa shape index (κ3) is 6.40. The molecular formula is C19H31ClN4O3. The van der Waals surface area contributed by atoms with Gasteiger partial charge in [-0.3, -0.25) is 5.32 Å². The standard InChI is InChI=1S/C19H31ClN4O3/c1-6-15(25)14-10-13-11-22-18(20)23-17(13)24(14)8-7-21-16(26)9-12(2)27-19(3,4)5/h10-12,15-16,21,25-26H,6-9H2,1-5H3. The van der Waals surface area contributed by atoms with Gasteiger partial charge in [0.05, 0.1) is 17.8 Å². The molecule has 0 amide bonds. The number of rotatable bonds is 9. The number of aromatic nitrogens is 3. The molecule has 2 aromatic heterocycles. The molecule has 0 bridgehead atoms. The lowest BCUT2D eigenvalue weighted by Crippen LogP contribution is -2.36. The van der Waals surface area contributed by atoms with Crippen molar-refractivity contribution in [3.05, 3.63) is 23.2 Å². The van der Waals surface area contributed by atoms with Crippen LogP contribution < -0.4 is 5.32 Å². The maximum absolute atomic E-state index is 10.3. The van der Waals surface area contributed by atoms with Gasteiger partial charge in [-0.2, -0.15) is 4.98 Å². The summed E-state index contributed by atoms with van der Waals surface area (Å²) < 4.78 is 7.75. The van der Waals surface area contributed by atoms with Gasteiger partial charge >= 0.3 is 0 Å². The molecule has 0 aliphatic rings. The Balaban J connectivity index is 2.02. The Bertz CT molecular complexity index is 744. The van der Waals surface area contributed by atoms with Gasteiger partial charge in [-0.15, -0.1) is 0 Å². The van der Waals surface area contributed by atoms with Crippen molar-refractivity contribution < 1.29 is 14.9 Å². The summed E-state index contributed by atoms with van der Waals surface area (Å²) in [4.78, 5) is 8.30. The van der Waals surface area contributed by atoms with Gasteiger partial charge in [0.25, 0.3) is 0 Å². The van der Waals surface area contributed by atoms with Crippen molar-refractivity contribution in [3.8, 4) is 0 Å². The second-order valence-electron chi connectivity index (χ2n) is 7.81. The predicted molar refractivity (Wildman–Crippen MR) is 107 cm³/mol. The molecular weight excluding hydrogens is 368 g/mol. The molecule has 3 unspecified atom stereocenters. The molecule has 27 heavy (non-hydrogen) atoms. The topological polar surface area (TPSA) is 92.4 Å². The molecule has 2 aromatic rings. The molecule has 0 aliphatic heterocycles. The quantitative estimate of drug-likeness (QED) is 0.444. The van der Waals surface area contributed by atoms with Gasteiger partial charge in [0.15, 0.2) is 0 Å². The molecule has 0 radical (unpaired) electrons. The number of nitrogens with one attached hydrogen (secondary N) is 1. The second kappa shape index (κ2) is 9.30. The fourth-order valence-electron chi connectivity index (χ4n) is 3.15. The lowest BCUT2D eigenvalue weighted by atomic mass is 10.1. The summed E-state index contributed by atoms with van der Waals surface area (Å²) in [6.45, 7) is 10.9. The van der Waals surface area contributed by atoms with E-state index in [1.807, 2.05) is 45.3 Å². The normalized spacial score (nSPS) is 15.9. The number of aliphatic hydroxyl groups excluding tert-OH is 2.